The highest BCUT2D eigenvalue weighted by atomic mass is 32.1. The minimum absolute atomic E-state index is 0.286. The molecule has 2 fully saturated rings. The number of piperidine rings is 1. The minimum Gasteiger partial charge on any atom is -0.347 e. The number of aryl methyl sites for hydroxylation is 1. The maximum atomic E-state index is 5.79. The normalized spacial score (nSPS) is 21.1. The summed E-state index contributed by atoms with van der Waals surface area (Å²) in [6.45, 7) is 6.53. The number of benzene rings is 1. The third kappa shape index (κ3) is 3.33. The maximum Gasteiger partial charge on any atom is 0.170 e. The molecule has 1 spiro atoms. The molecule has 0 N–H and O–H groups in total. The number of hydrogen-bond acceptors (Lipinski definition) is 5. The third-order valence-electron chi connectivity index (χ3n) is 4.67. The van der Waals surface area contributed by atoms with Crippen molar-refractivity contribution in [3.8, 4) is 10.6 Å². The van der Waals surface area contributed by atoms with Gasteiger partial charge in [0.05, 0.1) is 18.9 Å². The largest absolute Gasteiger partial charge is 0.347 e. The summed E-state index contributed by atoms with van der Waals surface area (Å²) in [6, 6.07) is 8.58. The van der Waals surface area contributed by atoms with Crippen LogP contribution in [0, 0.1) is 6.92 Å². The van der Waals surface area contributed by atoms with Gasteiger partial charge in [-0.25, -0.2) is 4.98 Å². The maximum absolute atomic E-state index is 5.79. The molecular weight excluding hydrogens is 308 g/mol. The van der Waals surface area contributed by atoms with Gasteiger partial charge in [0.2, 0.25) is 0 Å². The van der Waals surface area contributed by atoms with Gasteiger partial charge in [0.25, 0.3) is 0 Å². The van der Waals surface area contributed by atoms with Crippen molar-refractivity contribution in [1.82, 2.24) is 9.88 Å². The number of aromatic nitrogens is 1. The molecule has 0 unspecified atom stereocenters. The van der Waals surface area contributed by atoms with Crippen LogP contribution in [-0.2, 0) is 16.0 Å². The molecule has 2 saturated heterocycles. The van der Waals surface area contributed by atoms with Crippen LogP contribution in [0.4, 0.5) is 0 Å². The molecule has 1 aromatic carbocycles. The topological polar surface area (TPSA) is 34.6 Å². The zero-order valence-electron chi connectivity index (χ0n) is 13.5. The molecule has 0 atom stereocenters. The van der Waals surface area contributed by atoms with Gasteiger partial charge in [0.15, 0.2) is 5.79 Å². The van der Waals surface area contributed by atoms with Crippen molar-refractivity contribution < 1.29 is 9.47 Å². The predicted molar refractivity (Wildman–Crippen MR) is 91.4 cm³/mol. The lowest BCUT2D eigenvalue weighted by molar-refractivity contribution is -0.185. The summed E-state index contributed by atoms with van der Waals surface area (Å²) in [6.07, 6.45) is 1.92. The quantitative estimate of drug-likeness (QED) is 0.863. The van der Waals surface area contributed by atoms with Crippen LogP contribution in [0.5, 0.6) is 0 Å². The molecule has 1 aromatic heterocycles. The van der Waals surface area contributed by atoms with Crippen LogP contribution in [-0.4, -0.2) is 42.0 Å². The van der Waals surface area contributed by atoms with E-state index in [4.69, 9.17) is 14.5 Å². The Bertz CT molecular complexity index is 652. The lowest BCUT2D eigenvalue weighted by atomic mass is 10.0. The number of hydrogen-bond donors (Lipinski definition) is 0. The van der Waals surface area contributed by atoms with Gasteiger partial charge in [0.1, 0.15) is 5.01 Å². The summed E-state index contributed by atoms with van der Waals surface area (Å²) >= 11 is 1.73. The molecule has 4 nitrogen and oxygen atoms in total. The van der Waals surface area contributed by atoms with E-state index < -0.39 is 0 Å². The SMILES string of the molecule is Cc1ccc(-c2nc(CN3CCC4(CC3)OCCO4)cs2)cc1. The van der Waals surface area contributed by atoms with Crippen molar-refractivity contribution in [1.29, 1.82) is 0 Å². The van der Waals surface area contributed by atoms with Gasteiger partial charge in [-0.15, -0.1) is 11.3 Å². The highest BCUT2D eigenvalue weighted by Crippen LogP contribution is 2.32. The van der Waals surface area contributed by atoms with E-state index in [0.29, 0.717) is 0 Å². The molecule has 0 amide bonds. The smallest absolute Gasteiger partial charge is 0.170 e. The Morgan fingerprint density at radius 2 is 1.83 bits per heavy atom. The number of nitrogens with zero attached hydrogens (tertiary/aromatic N) is 2. The molecule has 4 rings (SSSR count). The van der Waals surface area contributed by atoms with Crippen LogP contribution in [0.3, 0.4) is 0 Å². The van der Waals surface area contributed by atoms with Crippen LogP contribution in [0.1, 0.15) is 24.1 Å². The average Bonchev–Trinajstić information content (AvgIpc) is 3.21. The van der Waals surface area contributed by atoms with Crippen molar-refractivity contribution >= 4 is 11.3 Å². The van der Waals surface area contributed by atoms with Gasteiger partial charge < -0.3 is 9.47 Å². The summed E-state index contributed by atoms with van der Waals surface area (Å²) in [7, 11) is 0. The van der Waals surface area contributed by atoms with Crippen LogP contribution in [0.25, 0.3) is 10.6 Å². The Labute approximate surface area is 141 Å². The van der Waals surface area contributed by atoms with Crippen LogP contribution < -0.4 is 0 Å². The second-order valence-electron chi connectivity index (χ2n) is 6.39. The molecule has 0 bridgehead atoms. The molecule has 2 aromatic rings. The molecule has 122 valence electrons. The number of ether oxygens (including phenoxy) is 2. The predicted octanol–water partition coefficient (Wildman–Crippen LogP) is 3.46. The zero-order valence-corrected chi connectivity index (χ0v) is 14.3. The molecule has 0 aliphatic carbocycles. The Balaban J connectivity index is 1.38. The molecule has 23 heavy (non-hydrogen) atoms. The number of likely N-dealkylation sites (tertiary alicyclic amines) is 1. The van der Waals surface area contributed by atoms with Gasteiger partial charge >= 0.3 is 0 Å². The summed E-state index contributed by atoms with van der Waals surface area (Å²) in [5.74, 6) is -0.286. The van der Waals surface area contributed by atoms with Crippen molar-refractivity contribution in [2.75, 3.05) is 26.3 Å². The van der Waals surface area contributed by atoms with Gasteiger partial charge in [-0.3, -0.25) is 4.90 Å². The minimum atomic E-state index is -0.286. The third-order valence-corrected chi connectivity index (χ3v) is 5.61. The van der Waals surface area contributed by atoms with E-state index >= 15 is 0 Å². The Hall–Kier alpha value is -1.27. The number of thiazole rings is 1. The average molecular weight is 330 g/mol. The first kappa shape index (κ1) is 15.3. The summed E-state index contributed by atoms with van der Waals surface area (Å²) in [5, 5.41) is 3.29. The van der Waals surface area contributed by atoms with E-state index in [1.807, 2.05) is 0 Å². The Kier molecular flexibility index (Phi) is 4.20. The molecule has 2 aliphatic rings. The van der Waals surface area contributed by atoms with Crippen LogP contribution in [0.15, 0.2) is 29.6 Å². The van der Waals surface area contributed by atoms with E-state index in [-0.39, 0.29) is 5.79 Å². The van der Waals surface area contributed by atoms with E-state index in [1.165, 1.54) is 11.1 Å². The Morgan fingerprint density at radius 1 is 1.13 bits per heavy atom. The lowest BCUT2D eigenvalue weighted by Gasteiger charge is -2.37. The first-order chi connectivity index (χ1) is 11.2. The summed E-state index contributed by atoms with van der Waals surface area (Å²) in [4.78, 5) is 7.26. The van der Waals surface area contributed by atoms with Gasteiger partial charge in [-0.2, -0.15) is 0 Å². The second-order valence-corrected chi connectivity index (χ2v) is 7.25. The molecular formula is C18H22N2O2S. The standard InChI is InChI=1S/C18H22N2O2S/c1-14-2-4-15(5-3-14)17-19-16(13-23-17)12-20-8-6-18(7-9-20)21-10-11-22-18/h2-5,13H,6-12H2,1H3. The van der Waals surface area contributed by atoms with Gasteiger partial charge in [-0.1, -0.05) is 29.8 Å². The highest BCUT2D eigenvalue weighted by Gasteiger charge is 2.39. The van der Waals surface area contributed by atoms with E-state index in [1.54, 1.807) is 11.3 Å². The Morgan fingerprint density at radius 3 is 2.52 bits per heavy atom. The van der Waals surface area contributed by atoms with Crippen molar-refractivity contribution in [2.24, 2.45) is 0 Å². The number of rotatable bonds is 3. The van der Waals surface area contributed by atoms with Crippen LogP contribution in [0.2, 0.25) is 0 Å². The van der Waals surface area contributed by atoms with E-state index in [9.17, 15) is 0 Å². The van der Waals surface area contributed by atoms with Crippen molar-refractivity contribution in [3.63, 3.8) is 0 Å². The molecule has 0 radical (unpaired) electrons. The van der Waals surface area contributed by atoms with E-state index in [2.05, 4.69) is 41.5 Å². The molecule has 0 saturated carbocycles. The van der Waals surface area contributed by atoms with Gasteiger partial charge in [-0.05, 0) is 6.92 Å². The molecule has 2 aliphatic heterocycles. The molecule has 5 heteroatoms. The zero-order chi connectivity index (χ0) is 15.7. The first-order valence-corrected chi connectivity index (χ1v) is 9.12. The van der Waals surface area contributed by atoms with Crippen LogP contribution >= 0.6 is 11.3 Å². The fourth-order valence-corrected chi connectivity index (χ4v) is 4.09. The monoisotopic (exact) mass is 330 g/mol. The fourth-order valence-electron chi connectivity index (χ4n) is 3.27. The molecule has 3 heterocycles. The van der Waals surface area contributed by atoms with Gasteiger partial charge in [0, 0.05) is 43.4 Å². The first-order valence-electron chi connectivity index (χ1n) is 8.24. The lowest BCUT2D eigenvalue weighted by Crippen LogP contribution is -2.44. The summed E-state index contributed by atoms with van der Waals surface area (Å²) < 4.78 is 11.6. The fraction of sp³-hybridized carbons (Fsp3) is 0.500. The summed E-state index contributed by atoms with van der Waals surface area (Å²) in [5.41, 5.74) is 3.65. The van der Waals surface area contributed by atoms with Crippen molar-refractivity contribution in [2.45, 2.75) is 32.1 Å². The highest BCUT2D eigenvalue weighted by molar-refractivity contribution is 7.13. The van der Waals surface area contributed by atoms with E-state index in [0.717, 1.165) is 56.4 Å². The van der Waals surface area contributed by atoms with Crippen molar-refractivity contribution in [3.05, 3.63) is 40.9 Å². The second kappa shape index (κ2) is 6.32.